The summed E-state index contributed by atoms with van der Waals surface area (Å²) in [5.41, 5.74) is 1.73. The minimum absolute atomic E-state index is 0. The summed E-state index contributed by atoms with van der Waals surface area (Å²) in [6.07, 6.45) is 6.54. The van der Waals surface area contributed by atoms with Crippen LogP contribution in [0.1, 0.15) is 49.8 Å². The maximum absolute atomic E-state index is 13.3. The zero-order valence-corrected chi connectivity index (χ0v) is 22.9. The van der Waals surface area contributed by atoms with Gasteiger partial charge in [0.25, 0.3) is 0 Å². The van der Waals surface area contributed by atoms with Gasteiger partial charge in [-0.15, -0.1) is 24.8 Å². The van der Waals surface area contributed by atoms with E-state index in [1.807, 2.05) is 47.5 Å². The maximum atomic E-state index is 13.3. The molecular weight excluding hydrogens is 523 g/mol. The Labute approximate surface area is 230 Å². The van der Waals surface area contributed by atoms with Crippen molar-refractivity contribution in [1.82, 2.24) is 20.1 Å². The quantitative estimate of drug-likeness (QED) is 0.479. The molecule has 2 aliphatic heterocycles. The van der Waals surface area contributed by atoms with E-state index in [4.69, 9.17) is 16.3 Å². The Morgan fingerprint density at radius 1 is 1.14 bits per heavy atom. The lowest BCUT2D eigenvalue weighted by atomic mass is 9.77. The first kappa shape index (κ1) is 30.2. The molecule has 1 aromatic carbocycles. The van der Waals surface area contributed by atoms with E-state index in [-0.39, 0.29) is 42.2 Å². The first-order valence-corrected chi connectivity index (χ1v) is 12.5. The molecule has 2 saturated heterocycles. The summed E-state index contributed by atoms with van der Waals surface area (Å²) in [6, 6.07) is 11.3. The highest BCUT2D eigenvalue weighted by atomic mass is 35.5. The van der Waals surface area contributed by atoms with Gasteiger partial charge in [0.05, 0.1) is 18.1 Å². The van der Waals surface area contributed by atoms with Gasteiger partial charge in [0.15, 0.2) is 0 Å². The van der Waals surface area contributed by atoms with Crippen molar-refractivity contribution in [2.75, 3.05) is 32.8 Å². The molecule has 1 unspecified atom stereocenters. The summed E-state index contributed by atoms with van der Waals surface area (Å²) in [6.45, 7) is 6.12. The van der Waals surface area contributed by atoms with Gasteiger partial charge in [-0.05, 0) is 69.0 Å². The van der Waals surface area contributed by atoms with E-state index in [1.165, 1.54) is 0 Å². The van der Waals surface area contributed by atoms with E-state index in [0.29, 0.717) is 18.2 Å². The Balaban J connectivity index is 0.00000228. The molecule has 2 amide bonds. The van der Waals surface area contributed by atoms with Gasteiger partial charge >= 0.3 is 6.09 Å². The minimum atomic E-state index is -0.435. The molecule has 1 atom stereocenters. The Bertz CT molecular complexity index is 987. The van der Waals surface area contributed by atoms with Crippen LogP contribution in [0.4, 0.5) is 4.79 Å². The number of ether oxygens (including phenoxy) is 1. The minimum Gasteiger partial charge on any atom is -0.450 e. The standard InChI is InChI=1S/C26H33ClN4O3.2ClH/c1-2-34-25(33)29-23(21-7-3-4-8-22(21)27)9-14-30-15-10-26(11-16-30)12-17-31(24(26)32)19-20-6-5-13-28-18-20;;/h3-8,13,18,23H,2,9-12,14-17,19H2,1H3,(H,29,33);2*1H. The van der Waals surface area contributed by atoms with Gasteiger partial charge in [0, 0.05) is 37.1 Å². The number of carbonyl (C=O) groups is 2. The predicted octanol–water partition coefficient (Wildman–Crippen LogP) is 5.27. The third kappa shape index (κ3) is 7.25. The van der Waals surface area contributed by atoms with Crippen LogP contribution in [0.25, 0.3) is 0 Å². The number of halogens is 3. The fourth-order valence-corrected chi connectivity index (χ4v) is 5.38. The Kier molecular flexibility index (Phi) is 11.8. The fourth-order valence-electron chi connectivity index (χ4n) is 5.11. The van der Waals surface area contributed by atoms with E-state index in [0.717, 1.165) is 63.0 Å². The summed E-state index contributed by atoms with van der Waals surface area (Å²) in [4.78, 5) is 33.9. The zero-order chi connectivity index (χ0) is 24.0. The van der Waals surface area contributed by atoms with Gasteiger partial charge in [-0.1, -0.05) is 35.9 Å². The molecule has 7 nitrogen and oxygen atoms in total. The molecule has 2 aromatic rings. The number of benzene rings is 1. The van der Waals surface area contributed by atoms with Crippen LogP contribution in [0.5, 0.6) is 0 Å². The highest BCUT2D eigenvalue weighted by Crippen LogP contribution is 2.42. The number of likely N-dealkylation sites (tertiary alicyclic amines) is 2. The fraction of sp³-hybridized carbons (Fsp3) is 0.500. The van der Waals surface area contributed by atoms with E-state index >= 15 is 0 Å². The van der Waals surface area contributed by atoms with Crippen LogP contribution < -0.4 is 5.32 Å². The molecule has 0 aliphatic carbocycles. The normalized spacial score (nSPS) is 17.7. The Morgan fingerprint density at radius 3 is 2.53 bits per heavy atom. The number of piperidine rings is 1. The number of carbonyl (C=O) groups excluding carboxylic acids is 2. The van der Waals surface area contributed by atoms with E-state index < -0.39 is 6.09 Å². The van der Waals surface area contributed by atoms with Crippen LogP contribution >= 0.6 is 36.4 Å². The highest BCUT2D eigenvalue weighted by molar-refractivity contribution is 6.31. The maximum Gasteiger partial charge on any atom is 0.407 e. The van der Waals surface area contributed by atoms with Crippen LogP contribution in [0.3, 0.4) is 0 Å². The third-order valence-corrected chi connectivity index (χ3v) is 7.44. The topological polar surface area (TPSA) is 74.8 Å². The molecule has 1 N–H and O–H groups in total. The predicted molar refractivity (Wildman–Crippen MR) is 146 cm³/mol. The summed E-state index contributed by atoms with van der Waals surface area (Å²) in [7, 11) is 0. The number of aromatic nitrogens is 1. The monoisotopic (exact) mass is 556 g/mol. The summed E-state index contributed by atoms with van der Waals surface area (Å²) in [5, 5.41) is 3.59. The van der Waals surface area contributed by atoms with E-state index in [9.17, 15) is 9.59 Å². The van der Waals surface area contributed by atoms with Crippen molar-refractivity contribution >= 4 is 48.4 Å². The molecule has 0 saturated carbocycles. The number of hydrogen-bond donors (Lipinski definition) is 1. The Morgan fingerprint density at radius 2 is 1.86 bits per heavy atom. The van der Waals surface area contributed by atoms with Gasteiger partial charge < -0.3 is 19.9 Å². The van der Waals surface area contributed by atoms with Crippen LogP contribution in [-0.2, 0) is 16.1 Å². The summed E-state index contributed by atoms with van der Waals surface area (Å²) >= 11 is 6.42. The van der Waals surface area contributed by atoms with Gasteiger partial charge in [0.2, 0.25) is 5.91 Å². The second kappa shape index (κ2) is 14.0. The van der Waals surface area contributed by atoms with Crippen LogP contribution in [0.2, 0.25) is 5.02 Å². The SMILES string of the molecule is CCOC(=O)NC(CCN1CCC2(CC1)CCN(Cc1cccnc1)C2=O)c1ccccc1Cl.Cl.Cl. The number of nitrogens with one attached hydrogen (secondary N) is 1. The molecule has 2 fully saturated rings. The molecular formula is C26H35Cl3N4O3. The molecule has 4 rings (SSSR count). The average molecular weight is 558 g/mol. The Hall–Kier alpha value is -2.06. The molecule has 36 heavy (non-hydrogen) atoms. The molecule has 0 bridgehead atoms. The van der Waals surface area contributed by atoms with E-state index in [2.05, 4.69) is 15.2 Å². The molecule has 0 radical (unpaired) electrons. The van der Waals surface area contributed by atoms with Crippen molar-refractivity contribution in [1.29, 1.82) is 0 Å². The number of pyridine rings is 1. The molecule has 1 spiro atoms. The largest absolute Gasteiger partial charge is 0.450 e. The van der Waals surface area contributed by atoms with Crippen molar-refractivity contribution in [2.45, 2.75) is 45.2 Å². The van der Waals surface area contributed by atoms with Crippen molar-refractivity contribution in [3.05, 3.63) is 64.9 Å². The van der Waals surface area contributed by atoms with Crippen molar-refractivity contribution in [3.8, 4) is 0 Å². The third-order valence-electron chi connectivity index (χ3n) is 7.09. The molecule has 198 valence electrons. The molecule has 1 aromatic heterocycles. The first-order valence-electron chi connectivity index (χ1n) is 12.1. The smallest absolute Gasteiger partial charge is 0.407 e. The van der Waals surface area contributed by atoms with Crippen LogP contribution in [0.15, 0.2) is 48.8 Å². The highest BCUT2D eigenvalue weighted by Gasteiger charge is 2.47. The van der Waals surface area contributed by atoms with Crippen molar-refractivity contribution in [3.63, 3.8) is 0 Å². The number of nitrogens with zero attached hydrogens (tertiary/aromatic N) is 3. The molecule has 3 heterocycles. The van der Waals surface area contributed by atoms with Crippen molar-refractivity contribution in [2.24, 2.45) is 5.41 Å². The van der Waals surface area contributed by atoms with Gasteiger partial charge in [0.1, 0.15) is 0 Å². The summed E-state index contributed by atoms with van der Waals surface area (Å²) < 4.78 is 5.10. The summed E-state index contributed by atoms with van der Waals surface area (Å²) in [5.74, 6) is 0.286. The van der Waals surface area contributed by atoms with Gasteiger partial charge in [-0.3, -0.25) is 9.78 Å². The lowest BCUT2D eigenvalue weighted by Crippen LogP contribution is -2.45. The second-order valence-electron chi connectivity index (χ2n) is 9.19. The number of hydrogen-bond acceptors (Lipinski definition) is 5. The number of rotatable bonds is 8. The lowest BCUT2D eigenvalue weighted by molar-refractivity contribution is -0.138. The first-order chi connectivity index (χ1) is 16.5. The number of alkyl carbamates (subject to hydrolysis) is 1. The lowest BCUT2D eigenvalue weighted by Gasteiger charge is -2.38. The molecule has 2 aliphatic rings. The van der Waals surface area contributed by atoms with Gasteiger partial charge in [-0.2, -0.15) is 0 Å². The zero-order valence-electron chi connectivity index (χ0n) is 20.5. The van der Waals surface area contributed by atoms with Crippen molar-refractivity contribution < 1.29 is 14.3 Å². The second-order valence-corrected chi connectivity index (χ2v) is 9.59. The van der Waals surface area contributed by atoms with E-state index in [1.54, 1.807) is 13.1 Å². The van der Waals surface area contributed by atoms with Crippen LogP contribution in [0, 0.1) is 5.41 Å². The van der Waals surface area contributed by atoms with Gasteiger partial charge in [-0.25, -0.2) is 4.79 Å². The van der Waals surface area contributed by atoms with Crippen LogP contribution in [-0.4, -0.2) is 59.6 Å². The average Bonchev–Trinajstić information content (AvgIpc) is 3.14. The number of amides is 2. The molecule has 10 heteroatoms.